The Morgan fingerprint density at radius 1 is 1.44 bits per heavy atom. The Bertz CT molecular complexity index is 262. The normalized spacial score (nSPS) is 25.4. The molecule has 0 atom stereocenters. The summed E-state index contributed by atoms with van der Waals surface area (Å²) in [5.74, 6) is -0.263. The molecule has 2 fully saturated rings. The monoisotopic (exact) mass is 234 g/mol. The maximum absolute atomic E-state index is 12.3. The van der Waals surface area contributed by atoms with Gasteiger partial charge < -0.3 is 15.0 Å². The molecule has 2 saturated heterocycles. The van der Waals surface area contributed by atoms with Crippen molar-refractivity contribution in [1.29, 1.82) is 0 Å². The molecule has 6 heteroatoms. The number of rotatable bonds is 2. The summed E-state index contributed by atoms with van der Waals surface area (Å²) in [6, 6.07) is 0. The second kappa shape index (κ2) is 4.63. The molecular formula is C10H16F2N2O2. The van der Waals surface area contributed by atoms with Crippen molar-refractivity contribution < 1.29 is 18.3 Å². The van der Waals surface area contributed by atoms with Crippen LogP contribution >= 0.6 is 0 Å². The van der Waals surface area contributed by atoms with Crippen LogP contribution < -0.4 is 5.32 Å². The molecule has 0 saturated carbocycles. The average Bonchev–Trinajstić information content (AvgIpc) is 2.26. The Balaban J connectivity index is 2.06. The van der Waals surface area contributed by atoms with Gasteiger partial charge >= 0.3 is 0 Å². The molecule has 2 heterocycles. The topological polar surface area (TPSA) is 41.6 Å². The average molecular weight is 234 g/mol. The smallest absolute Gasteiger partial charge is 0.255 e. The van der Waals surface area contributed by atoms with Gasteiger partial charge in [0, 0.05) is 6.54 Å². The van der Waals surface area contributed by atoms with Crippen molar-refractivity contribution in [3.63, 3.8) is 0 Å². The summed E-state index contributed by atoms with van der Waals surface area (Å²) in [6.07, 6.45) is -1.32. The molecule has 0 aromatic rings. The summed E-state index contributed by atoms with van der Waals surface area (Å²) < 4.78 is 30.2. The number of carbonyl (C=O) groups is 1. The highest BCUT2D eigenvalue weighted by Gasteiger charge is 2.46. The summed E-state index contributed by atoms with van der Waals surface area (Å²) in [4.78, 5) is 13.3. The van der Waals surface area contributed by atoms with Gasteiger partial charge in [0.1, 0.15) is 5.60 Å². The molecule has 92 valence electrons. The molecule has 16 heavy (non-hydrogen) atoms. The van der Waals surface area contributed by atoms with Crippen LogP contribution in [0.5, 0.6) is 0 Å². The fraction of sp³-hybridized carbons (Fsp3) is 0.900. The number of piperidine rings is 1. The van der Waals surface area contributed by atoms with Gasteiger partial charge in [-0.2, -0.15) is 0 Å². The summed E-state index contributed by atoms with van der Waals surface area (Å²) >= 11 is 0. The van der Waals surface area contributed by atoms with E-state index in [1.54, 1.807) is 0 Å². The van der Waals surface area contributed by atoms with Crippen LogP contribution in [0.2, 0.25) is 0 Å². The Labute approximate surface area is 92.9 Å². The second-order valence-corrected chi connectivity index (χ2v) is 4.24. The van der Waals surface area contributed by atoms with Gasteiger partial charge in [0.25, 0.3) is 12.3 Å². The van der Waals surface area contributed by atoms with E-state index in [0.717, 1.165) is 0 Å². The van der Waals surface area contributed by atoms with E-state index >= 15 is 0 Å². The van der Waals surface area contributed by atoms with E-state index in [1.807, 2.05) is 0 Å². The minimum Gasteiger partial charge on any atom is -0.363 e. The van der Waals surface area contributed by atoms with Gasteiger partial charge in [0.15, 0.2) is 0 Å². The van der Waals surface area contributed by atoms with Gasteiger partial charge in [0.2, 0.25) is 0 Å². The highest BCUT2D eigenvalue weighted by molar-refractivity contribution is 5.86. The third kappa shape index (κ3) is 2.17. The van der Waals surface area contributed by atoms with E-state index in [-0.39, 0.29) is 12.5 Å². The summed E-state index contributed by atoms with van der Waals surface area (Å²) in [5, 5.41) is 3.13. The number of halogens is 2. The minimum atomic E-state index is -2.47. The lowest BCUT2D eigenvalue weighted by atomic mass is 9.89. The van der Waals surface area contributed by atoms with Crippen molar-refractivity contribution >= 4 is 5.91 Å². The molecule has 0 bridgehead atoms. The highest BCUT2D eigenvalue weighted by atomic mass is 19.3. The lowest BCUT2D eigenvalue weighted by Gasteiger charge is -2.43. The van der Waals surface area contributed by atoms with Crippen molar-refractivity contribution in [3.8, 4) is 0 Å². The van der Waals surface area contributed by atoms with Crippen LogP contribution in [-0.4, -0.2) is 55.6 Å². The molecular weight excluding hydrogens is 218 g/mol. The number of hydrogen-bond donors (Lipinski definition) is 1. The fourth-order valence-electron chi connectivity index (χ4n) is 2.33. The van der Waals surface area contributed by atoms with E-state index in [9.17, 15) is 13.6 Å². The molecule has 0 aromatic heterocycles. The van der Waals surface area contributed by atoms with Gasteiger partial charge in [-0.15, -0.1) is 0 Å². The fourth-order valence-corrected chi connectivity index (χ4v) is 2.33. The van der Waals surface area contributed by atoms with Crippen LogP contribution in [-0.2, 0) is 9.53 Å². The number of hydrogen-bond acceptors (Lipinski definition) is 3. The zero-order valence-electron chi connectivity index (χ0n) is 9.05. The van der Waals surface area contributed by atoms with Gasteiger partial charge in [-0.25, -0.2) is 8.78 Å². The Morgan fingerprint density at radius 3 is 2.75 bits per heavy atom. The zero-order chi connectivity index (χ0) is 11.6. The molecule has 0 aromatic carbocycles. The first-order valence-corrected chi connectivity index (χ1v) is 5.56. The van der Waals surface area contributed by atoms with Gasteiger partial charge in [-0.05, 0) is 25.9 Å². The van der Waals surface area contributed by atoms with Gasteiger partial charge in [0.05, 0.1) is 13.2 Å². The summed E-state index contributed by atoms with van der Waals surface area (Å²) in [5.41, 5.74) is -0.835. The molecule has 2 aliphatic heterocycles. The van der Waals surface area contributed by atoms with Crippen LogP contribution in [0.1, 0.15) is 12.8 Å². The number of ether oxygens (including phenoxy) is 1. The number of nitrogens with zero attached hydrogens (tertiary/aromatic N) is 1. The lowest BCUT2D eigenvalue weighted by molar-refractivity contribution is -0.178. The first-order chi connectivity index (χ1) is 7.64. The molecule has 1 spiro atoms. The predicted molar refractivity (Wildman–Crippen MR) is 53.4 cm³/mol. The molecule has 0 unspecified atom stereocenters. The van der Waals surface area contributed by atoms with Gasteiger partial charge in [-0.1, -0.05) is 0 Å². The first kappa shape index (κ1) is 11.7. The predicted octanol–water partition coefficient (Wildman–Crippen LogP) is 0.232. The van der Waals surface area contributed by atoms with E-state index in [0.29, 0.717) is 32.5 Å². The lowest BCUT2D eigenvalue weighted by Crippen LogP contribution is -2.60. The van der Waals surface area contributed by atoms with Crippen molar-refractivity contribution in [2.45, 2.75) is 24.9 Å². The van der Waals surface area contributed by atoms with Crippen LogP contribution in [0.15, 0.2) is 0 Å². The number of alkyl halides is 2. The van der Waals surface area contributed by atoms with Crippen molar-refractivity contribution in [1.82, 2.24) is 10.2 Å². The Kier molecular flexibility index (Phi) is 3.39. The number of amides is 1. The van der Waals surface area contributed by atoms with Crippen LogP contribution in [0.4, 0.5) is 8.78 Å². The molecule has 2 rings (SSSR count). The molecule has 1 amide bonds. The van der Waals surface area contributed by atoms with Crippen molar-refractivity contribution in [2.75, 3.05) is 32.8 Å². The van der Waals surface area contributed by atoms with Crippen molar-refractivity contribution in [2.24, 2.45) is 0 Å². The molecule has 1 N–H and O–H groups in total. The quantitative estimate of drug-likeness (QED) is 0.743. The molecule has 2 aliphatic rings. The third-order valence-electron chi connectivity index (χ3n) is 3.19. The number of nitrogens with one attached hydrogen (secondary N) is 1. The zero-order valence-corrected chi connectivity index (χ0v) is 9.05. The largest absolute Gasteiger partial charge is 0.363 e. The molecule has 4 nitrogen and oxygen atoms in total. The van der Waals surface area contributed by atoms with E-state index in [1.165, 1.54) is 4.90 Å². The minimum absolute atomic E-state index is 0.263. The van der Waals surface area contributed by atoms with Gasteiger partial charge in [-0.3, -0.25) is 4.79 Å². The first-order valence-electron chi connectivity index (χ1n) is 5.56. The molecule has 0 radical (unpaired) electrons. The molecule has 0 aliphatic carbocycles. The SMILES string of the molecule is O=C1N(CC(F)F)CCOC12CCNCC2. The van der Waals surface area contributed by atoms with Crippen LogP contribution in [0.25, 0.3) is 0 Å². The van der Waals surface area contributed by atoms with Crippen LogP contribution in [0, 0.1) is 0 Å². The number of morpholine rings is 1. The second-order valence-electron chi connectivity index (χ2n) is 4.24. The number of carbonyl (C=O) groups excluding carboxylic acids is 1. The Morgan fingerprint density at radius 2 is 2.12 bits per heavy atom. The standard InChI is InChI=1S/C10H16F2N2O2/c11-8(12)7-14-5-6-16-10(9(14)15)1-3-13-4-2-10/h8,13H,1-7H2. The highest BCUT2D eigenvalue weighted by Crippen LogP contribution is 2.29. The maximum Gasteiger partial charge on any atom is 0.255 e. The third-order valence-corrected chi connectivity index (χ3v) is 3.19. The maximum atomic E-state index is 12.3. The van der Waals surface area contributed by atoms with E-state index in [2.05, 4.69) is 5.32 Å². The summed E-state index contributed by atoms with van der Waals surface area (Å²) in [6.45, 7) is 1.57. The van der Waals surface area contributed by atoms with Crippen molar-refractivity contribution in [3.05, 3.63) is 0 Å². The van der Waals surface area contributed by atoms with E-state index in [4.69, 9.17) is 4.74 Å². The van der Waals surface area contributed by atoms with E-state index < -0.39 is 18.6 Å². The Hall–Kier alpha value is -0.750. The van der Waals surface area contributed by atoms with Crippen LogP contribution in [0.3, 0.4) is 0 Å². The summed E-state index contributed by atoms with van der Waals surface area (Å²) in [7, 11) is 0.